The highest BCUT2D eigenvalue weighted by atomic mass is 31.2. The van der Waals surface area contributed by atoms with Crippen molar-refractivity contribution in [1.82, 2.24) is 0 Å². The third-order valence-corrected chi connectivity index (χ3v) is 6.31. The van der Waals surface area contributed by atoms with Crippen molar-refractivity contribution in [2.24, 2.45) is 5.92 Å². The molecule has 0 heterocycles. The van der Waals surface area contributed by atoms with Gasteiger partial charge in [-0.3, -0.25) is 9.36 Å². The van der Waals surface area contributed by atoms with Crippen LogP contribution in [-0.2, 0) is 20.7 Å². The SMILES string of the molecule is CC(C)c1cccc(C2C(=O)CCC2COCc2cccc(P(=O)(O)O)c2)c1. The molecule has 0 amide bonds. The molecule has 0 saturated heterocycles. The lowest BCUT2D eigenvalue weighted by Gasteiger charge is -2.20. The number of hydrogen-bond donors (Lipinski definition) is 2. The summed E-state index contributed by atoms with van der Waals surface area (Å²) in [5.74, 6) is 0.658. The van der Waals surface area contributed by atoms with Crippen LogP contribution in [0.5, 0.6) is 0 Å². The lowest BCUT2D eigenvalue weighted by atomic mass is 9.86. The molecule has 5 nitrogen and oxygen atoms in total. The van der Waals surface area contributed by atoms with Gasteiger partial charge in [0, 0.05) is 12.3 Å². The third kappa shape index (κ3) is 4.98. The van der Waals surface area contributed by atoms with Crippen LogP contribution >= 0.6 is 7.60 Å². The Balaban J connectivity index is 1.66. The van der Waals surface area contributed by atoms with Gasteiger partial charge in [-0.2, -0.15) is 0 Å². The fourth-order valence-electron chi connectivity index (χ4n) is 3.82. The zero-order valence-electron chi connectivity index (χ0n) is 16.2. The average molecular weight is 402 g/mol. The molecular weight excluding hydrogens is 375 g/mol. The minimum Gasteiger partial charge on any atom is -0.376 e. The molecule has 2 atom stereocenters. The molecule has 0 aliphatic heterocycles. The summed E-state index contributed by atoms with van der Waals surface area (Å²) < 4.78 is 17.2. The van der Waals surface area contributed by atoms with Gasteiger partial charge in [-0.25, -0.2) is 0 Å². The number of carbonyl (C=O) groups excluding carboxylic acids is 1. The lowest BCUT2D eigenvalue weighted by molar-refractivity contribution is -0.119. The fraction of sp³-hybridized carbons (Fsp3) is 0.409. The van der Waals surface area contributed by atoms with Gasteiger partial charge in [-0.05, 0) is 47.1 Å². The van der Waals surface area contributed by atoms with E-state index in [-0.39, 0.29) is 29.5 Å². The molecule has 2 N–H and O–H groups in total. The monoisotopic (exact) mass is 402 g/mol. The van der Waals surface area contributed by atoms with E-state index in [0.717, 1.165) is 12.0 Å². The van der Waals surface area contributed by atoms with Gasteiger partial charge in [-0.15, -0.1) is 0 Å². The first-order valence-electron chi connectivity index (χ1n) is 9.61. The lowest BCUT2D eigenvalue weighted by Crippen LogP contribution is -2.18. The Morgan fingerprint density at radius 2 is 1.89 bits per heavy atom. The molecular formula is C22H27O5P. The highest BCUT2D eigenvalue weighted by Crippen LogP contribution is 2.38. The maximum Gasteiger partial charge on any atom is 0.356 e. The van der Waals surface area contributed by atoms with Crippen LogP contribution in [0.1, 0.15) is 55.2 Å². The Labute approximate surface area is 165 Å². The van der Waals surface area contributed by atoms with Crippen molar-refractivity contribution >= 4 is 18.7 Å². The smallest absolute Gasteiger partial charge is 0.356 e. The molecule has 0 spiro atoms. The minimum atomic E-state index is -4.27. The van der Waals surface area contributed by atoms with Crippen molar-refractivity contribution in [2.45, 2.75) is 45.1 Å². The number of carbonyl (C=O) groups is 1. The molecule has 1 fully saturated rings. The molecule has 0 aromatic heterocycles. The second-order valence-corrected chi connectivity index (χ2v) is 9.40. The molecule has 2 aromatic carbocycles. The number of benzene rings is 2. The summed E-state index contributed by atoms with van der Waals surface area (Å²) in [5.41, 5.74) is 3.00. The first-order valence-corrected chi connectivity index (χ1v) is 11.2. The maximum atomic E-state index is 12.5. The zero-order chi connectivity index (χ0) is 20.3. The second kappa shape index (κ2) is 8.71. The van der Waals surface area contributed by atoms with Gasteiger partial charge in [0.2, 0.25) is 0 Å². The summed E-state index contributed by atoms with van der Waals surface area (Å²) in [6, 6.07) is 14.6. The van der Waals surface area contributed by atoms with Crippen molar-refractivity contribution in [1.29, 1.82) is 0 Å². The Bertz CT molecular complexity index is 886. The molecule has 0 bridgehead atoms. The highest BCUT2D eigenvalue weighted by molar-refractivity contribution is 7.60. The highest BCUT2D eigenvalue weighted by Gasteiger charge is 2.36. The first kappa shape index (κ1) is 20.9. The van der Waals surface area contributed by atoms with Gasteiger partial charge in [-0.1, -0.05) is 50.2 Å². The molecule has 1 aliphatic rings. The standard InChI is InChI=1S/C22H27O5P/c1-15(2)17-6-4-7-18(12-17)22-19(9-10-21(22)23)14-27-13-16-5-3-8-20(11-16)28(24,25)26/h3-8,11-12,15,19,22H,9-10,13-14H2,1-2H3,(H2,24,25,26). The summed E-state index contributed by atoms with van der Waals surface area (Å²) >= 11 is 0. The summed E-state index contributed by atoms with van der Waals surface area (Å²) in [4.78, 5) is 31.1. The van der Waals surface area contributed by atoms with Crippen molar-refractivity contribution < 1.29 is 23.9 Å². The van der Waals surface area contributed by atoms with Crippen LogP contribution in [0.3, 0.4) is 0 Å². The first-order chi connectivity index (χ1) is 13.3. The van der Waals surface area contributed by atoms with Crippen molar-refractivity contribution in [3.05, 3.63) is 65.2 Å². The number of hydrogen-bond acceptors (Lipinski definition) is 3. The van der Waals surface area contributed by atoms with E-state index in [4.69, 9.17) is 4.74 Å². The van der Waals surface area contributed by atoms with Crippen LogP contribution in [0.2, 0.25) is 0 Å². The van der Waals surface area contributed by atoms with E-state index >= 15 is 0 Å². The topological polar surface area (TPSA) is 83.8 Å². The quantitative estimate of drug-likeness (QED) is 0.687. The average Bonchev–Trinajstić information content (AvgIpc) is 3.02. The molecule has 1 saturated carbocycles. The largest absolute Gasteiger partial charge is 0.376 e. The molecule has 0 radical (unpaired) electrons. The molecule has 2 unspecified atom stereocenters. The third-order valence-electron chi connectivity index (χ3n) is 5.36. The summed E-state index contributed by atoms with van der Waals surface area (Å²) in [7, 11) is -4.27. The van der Waals surface area contributed by atoms with Crippen LogP contribution in [0.4, 0.5) is 0 Å². The molecule has 28 heavy (non-hydrogen) atoms. The second-order valence-electron chi connectivity index (χ2n) is 7.80. The minimum absolute atomic E-state index is 0.00646. The van der Waals surface area contributed by atoms with Crippen LogP contribution in [-0.4, -0.2) is 22.2 Å². The van der Waals surface area contributed by atoms with E-state index in [0.29, 0.717) is 24.5 Å². The number of Topliss-reactive ketones (excluding diaryl/α,β-unsaturated/α-hetero) is 1. The molecule has 3 rings (SSSR count). The fourth-order valence-corrected chi connectivity index (χ4v) is 4.43. The van der Waals surface area contributed by atoms with Crippen molar-refractivity contribution in [3.8, 4) is 0 Å². The normalized spacial score (nSPS) is 20.1. The van der Waals surface area contributed by atoms with E-state index in [1.54, 1.807) is 12.1 Å². The van der Waals surface area contributed by atoms with Crippen molar-refractivity contribution in [2.75, 3.05) is 6.61 Å². The van der Waals surface area contributed by atoms with Gasteiger partial charge >= 0.3 is 7.60 Å². The number of ether oxygens (including phenoxy) is 1. The van der Waals surface area contributed by atoms with Crippen LogP contribution < -0.4 is 5.30 Å². The Morgan fingerprint density at radius 3 is 2.61 bits per heavy atom. The summed E-state index contributed by atoms with van der Waals surface area (Å²) in [5, 5.41) is -0.00646. The molecule has 2 aromatic rings. The van der Waals surface area contributed by atoms with Gasteiger partial charge in [0.25, 0.3) is 0 Å². The van der Waals surface area contributed by atoms with Crippen LogP contribution in [0.15, 0.2) is 48.5 Å². The predicted octanol–water partition coefficient (Wildman–Crippen LogP) is 3.89. The molecule has 150 valence electrons. The van der Waals surface area contributed by atoms with E-state index < -0.39 is 7.60 Å². The summed E-state index contributed by atoms with van der Waals surface area (Å²) in [6.07, 6.45) is 1.37. The van der Waals surface area contributed by atoms with Gasteiger partial charge in [0.05, 0.1) is 18.5 Å². The maximum absolute atomic E-state index is 12.5. The van der Waals surface area contributed by atoms with E-state index in [9.17, 15) is 19.1 Å². The van der Waals surface area contributed by atoms with Crippen molar-refractivity contribution in [3.63, 3.8) is 0 Å². The van der Waals surface area contributed by atoms with Crippen LogP contribution in [0.25, 0.3) is 0 Å². The van der Waals surface area contributed by atoms with Gasteiger partial charge in [0.1, 0.15) is 5.78 Å². The Hall–Kier alpha value is -1.78. The Morgan fingerprint density at radius 1 is 1.14 bits per heavy atom. The van der Waals surface area contributed by atoms with Crippen LogP contribution in [0, 0.1) is 5.92 Å². The van der Waals surface area contributed by atoms with Gasteiger partial charge < -0.3 is 14.5 Å². The van der Waals surface area contributed by atoms with E-state index in [2.05, 4.69) is 26.0 Å². The number of ketones is 1. The van der Waals surface area contributed by atoms with Gasteiger partial charge in [0.15, 0.2) is 0 Å². The number of rotatable bonds is 7. The summed E-state index contributed by atoms with van der Waals surface area (Å²) in [6.45, 7) is 4.99. The molecule has 1 aliphatic carbocycles. The zero-order valence-corrected chi connectivity index (χ0v) is 17.1. The predicted molar refractivity (Wildman–Crippen MR) is 109 cm³/mol. The molecule has 6 heteroatoms. The van der Waals surface area contributed by atoms with E-state index in [1.807, 2.05) is 12.1 Å². The van der Waals surface area contributed by atoms with E-state index in [1.165, 1.54) is 17.7 Å². The Kier molecular flexibility index (Phi) is 6.51.